The van der Waals surface area contributed by atoms with Crippen molar-refractivity contribution in [2.24, 2.45) is 0 Å². The van der Waals surface area contributed by atoms with Gasteiger partial charge in [-0.25, -0.2) is 4.79 Å². The second-order valence-corrected chi connectivity index (χ2v) is 5.82. The van der Waals surface area contributed by atoms with E-state index in [0.29, 0.717) is 18.8 Å². The van der Waals surface area contributed by atoms with Crippen molar-refractivity contribution in [3.8, 4) is 5.75 Å². The number of rotatable bonds is 7. The first-order chi connectivity index (χ1) is 12.2. The topological polar surface area (TPSA) is 48.7 Å². The number of aryl methyl sites for hydroxylation is 1. The van der Waals surface area contributed by atoms with Gasteiger partial charge in [0.2, 0.25) is 5.76 Å². The lowest BCUT2D eigenvalue weighted by atomic mass is 10.1. The van der Waals surface area contributed by atoms with E-state index in [1.54, 1.807) is 13.0 Å². The van der Waals surface area contributed by atoms with Crippen molar-refractivity contribution in [3.05, 3.63) is 65.4 Å². The maximum atomic E-state index is 11.9. The molecule has 0 aliphatic rings. The summed E-state index contributed by atoms with van der Waals surface area (Å²) < 4.78 is 16.9. The highest BCUT2D eigenvalue weighted by Gasteiger charge is 2.18. The fourth-order valence-electron chi connectivity index (χ4n) is 2.80. The molecule has 0 spiro atoms. The molecule has 0 aliphatic carbocycles. The maximum absolute atomic E-state index is 11.9. The summed E-state index contributed by atoms with van der Waals surface area (Å²) in [6.07, 6.45) is 1.77. The molecule has 1 heterocycles. The molecule has 0 saturated carbocycles. The van der Waals surface area contributed by atoms with Crippen molar-refractivity contribution in [3.63, 3.8) is 0 Å². The minimum absolute atomic E-state index is 0.231. The van der Waals surface area contributed by atoms with Gasteiger partial charge in [0, 0.05) is 10.9 Å². The van der Waals surface area contributed by atoms with Gasteiger partial charge in [-0.2, -0.15) is 0 Å². The number of benzene rings is 2. The number of carbonyl (C=O) groups is 1. The molecule has 2 aromatic carbocycles. The Morgan fingerprint density at radius 3 is 2.60 bits per heavy atom. The number of carbonyl (C=O) groups excluding carboxylic acids is 1. The van der Waals surface area contributed by atoms with Crippen LogP contribution in [-0.4, -0.2) is 12.6 Å². The lowest BCUT2D eigenvalue weighted by molar-refractivity contribution is 0.0492. The number of fused-ring (bicyclic) bond motifs is 1. The molecule has 25 heavy (non-hydrogen) atoms. The van der Waals surface area contributed by atoms with Crippen LogP contribution < -0.4 is 4.74 Å². The predicted molar refractivity (Wildman–Crippen MR) is 96.9 cm³/mol. The molecule has 0 fully saturated rings. The second kappa shape index (κ2) is 7.88. The Bertz CT molecular complexity index is 849. The summed E-state index contributed by atoms with van der Waals surface area (Å²) in [5.74, 6) is 0.588. The summed E-state index contributed by atoms with van der Waals surface area (Å²) in [6.45, 7) is 4.70. The van der Waals surface area contributed by atoms with E-state index in [4.69, 9.17) is 13.9 Å². The summed E-state index contributed by atoms with van der Waals surface area (Å²) in [4.78, 5) is 11.9. The number of esters is 1. The average molecular weight is 338 g/mol. The number of furan rings is 1. The van der Waals surface area contributed by atoms with Crippen LogP contribution >= 0.6 is 0 Å². The third-order valence-electron chi connectivity index (χ3n) is 3.96. The first kappa shape index (κ1) is 17.1. The molecular weight excluding hydrogens is 316 g/mol. The van der Waals surface area contributed by atoms with Crippen LogP contribution in [0.1, 0.15) is 41.9 Å². The monoisotopic (exact) mass is 338 g/mol. The first-order valence-electron chi connectivity index (χ1n) is 8.62. The van der Waals surface area contributed by atoms with E-state index >= 15 is 0 Å². The molecule has 130 valence electrons. The summed E-state index contributed by atoms with van der Waals surface area (Å²) >= 11 is 0. The zero-order valence-corrected chi connectivity index (χ0v) is 14.6. The molecule has 0 bridgehead atoms. The molecule has 1 aromatic heterocycles. The fraction of sp³-hybridized carbons (Fsp3) is 0.286. The van der Waals surface area contributed by atoms with E-state index in [1.165, 1.54) is 0 Å². The van der Waals surface area contributed by atoms with Gasteiger partial charge in [0.05, 0.1) is 6.61 Å². The predicted octanol–water partition coefficient (Wildman–Crippen LogP) is 5.14. The summed E-state index contributed by atoms with van der Waals surface area (Å²) in [7, 11) is 0. The Kier molecular flexibility index (Phi) is 5.39. The van der Waals surface area contributed by atoms with Crippen LogP contribution in [0.2, 0.25) is 0 Å². The molecule has 3 rings (SSSR count). The fourth-order valence-corrected chi connectivity index (χ4v) is 2.80. The molecule has 0 amide bonds. The van der Waals surface area contributed by atoms with Gasteiger partial charge in [-0.15, -0.1) is 0 Å². The van der Waals surface area contributed by atoms with Gasteiger partial charge < -0.3 is 13.9 Å². The van der Waals surface area contributed by atoms with Crippen LogP contribution in [0.4, 0.5) is 0 Å². The van der Waals surface area contributed by atoms with E-state index in [0.717, 1.165) is 35.1 Å². The smallest absolute Gasteiger partial charge is 0.374 e. The zero-order valence-electron chi connectivity index (χ0n) is 14.6. The van der Waals surface area contributed by atoms with Gasteiger partial charge in [0.25, 0.3) is 0 Å². The SMILES string of the molecule is CCCc1c(OCc2ccccc2)ccc2cc(C(=O)OCC)oc12. The van der Waals surface area contributed by atoms with Gasteiger partial charge in [0.1, 0.15) is 17.9 Å². The standard InChI is InChI=1S/C21H22O4/c1-3-8-17-18(24-14-15-9-6-5-7-10-15)12-11-16-13-19(25-20(16)17)21(22)23-4-2/h5-7,9-13H,3-4,8,14H2,1-2H3. The first-order valence-corrected chi connectivity index (χ1v) is 8.62. The molecule has 3 aromatic rings. The van der Waals surface area contributed by atoms with Crippen LogP contribution in [0.25, 0.3) is 11.0 Å². The van der Waals surface area contributed by atoms with E-state index in [2.05, 4.69) is 6.92 Å². The van der Waals surface area contributed by atoms with Crippen LogP contribution in [0.3, 0.4) is 0 Å². The minimum atomic E-state index is -0.437. The molecule has 4 heteroatoms. The van der Waals surface area contributed by atoms with Crippen LogP contribution in [0.5, 0.6) is 5.75 Å². The molecule has 4 nitrogen and oxygen atoms in total. The van der Waals surface area contributed by atoms with Gasteiger partial charge in [-0.05, 0) is 37.1 Å². The highest BCUT2D eigenvalue weighted by molar-refractivity contribution is 5.94. The van der Waals surface area contributed by atoms with E-state index in [-0.39, 0.29) is 5.76 Å². The summed E-state index contributed by atoms with van der Waals surface area (Å²) in [5, 5.41) is 0.888. The molecule has 0 aliphatic heterocycles. The molecule has 0 radical (unpaired) electrons. The Labute approximate surface area is 147 Å². The van der Waals surface area contributed by atoms with Crippen molar-refractivity contribution in [1.29, 1.82) is 0 Å². The van der Waals surface area contributed by atoms with Crippen molar-refractivity contribution >= 4 is 16.9 Å². The highest BCUT2D eigenvalue weighted by Crippen LogP contribution is 2.32. The molecule has 0 atom stereocenters. The minimum Gasteiger partial charge on any atom is -0.488 e. The lowest BCUT2D eigenvalue weighted by Crippen LogP contribution is -2.02. The zero-order chi connectivity index (χ0) is 17.6. The summed E-state index contributed by atoms with van der Waals surface area (Å²) in [6, 6.07) is 15.6. The lowest BCUT2D eigenvalue weighted by Gasteiger charge is -2.11. The molecular formula is C21H22O4. The summed E-state index contributed by atoms with van der Waals surface area (Å²) in [5.41, 5.74) is 2.80. The quantitative estimate of drug-likeness (QED) is 0.560. The Balaban J connectivity index is 1.92. The van der Waals surface area contributed by atoms with Gasteiger partial charge in [-0.3, -0.25) is 0 Å². The van der Waals surface area contributed by atoms with Crippen molar-refractivity contribution in [2.45, 2.75) is 33.3 Å². The third kappa shape index (κ3) is 3.85. The largest absolute Gasteiger partial charge is 0.488 e. The van der Waals surface area contributed by atoms with Crippen molar-refractivity contribution < 1.29 is 18.7 Å². The van der Waals surface area contributed by atoms with E-state index in [9.17, 15) is 4.79 Å². The second-order valence-electron chi connectivity index (χ2n) is 5.82. The van der Waals surface area contributed by atoms with Crippen molar-refractivity contribution in [2.75, 3.05) is 6.61 Å². The molecule has 0 N–H and O–H groups in total. The maximum Gasteiger partial charge on any atom is 0.374 e. The Morgan fingerprint density at radius 2 is 1.88 bits per heavy atom. The van der Waals surface area contributed by atoms with E-state index < -0.39 is 5.97 Å². The normalized spacial score (nSPS) is 10.8. The average Bonchev–Trinajstić information content (AvgIpc) is 3.07. The van der Waals surface area contributed by atoms with Crippen LogP contribution in [-0.2, 0) is 17.8 Å². The molecule has 0 unspecified atom stereocenters. The van der Waals surface area contributed by atoms with Crippen LogP contribution in [0, 0.1) is 0 Å². The Morgan fingerprint density at radius 1 is 1.08 bits per heavy atom. The molecule has 0 saturated heterocycles. The van der Waals surface area contributed by atoms with Gasteiger partial charge >= 0.3 is 5.97 Å². The van der Waals surface area contributed by atoms with Gasteiger partial charge in [0.15, 0.2) is 0 Å². The number of ether oxygens (including phenoxy) is 2. The third-order valence-corrected chi connectivity index (χ3v) is 3.96. The number of hydrogen-bond acceptors (Lipinski definition) is 4. The number of hydrogen-bond donors (Lipinski definition) is 0. The van der Waals surface area contributed by atoms with Gasteiger partial charge in [-0.1, -0.05) is 43.7 Å². The van der Waals surface area contributed by atoms with Crippen molar-refractivity contribution in [1.82, 2.24) is 0 Å². The highest BCUT2D eigenvalue weighted by atomic mass is 16.5. The van der Waals surface area contributed by atoms with E-state index in [1.807, 2.05) is 42.5 Å². The van der Waals surface area contributed by atoms with Crippen LogP contribution in [0.15, 0.2) is 52.9 Å². The Hall–Kier alpha value is -2.75.